The molecule has 5 heteroatoms. The third-order valence-corrected chi connectivity index (χ3v) is 4.93. The average Bonchev–Trinajstić information content (AvgIpc) is 2.47. The largest absolute Gasteiger partial charge is 0.256 e. The molecule has 1 aromatic heterocycles. The van der Waals surface area contributed by atoms with Crippen LogP contribution in [0.2, 0.25) is 0 Å². The molecule has 0 aliphatic heterocycles. The summed E-state index contributed by atoms with van der Waals surface area (Å²) in [6.45, 7) is 0. The van der Waals surface area contributed by atoms with E-state index in [4.69, 9.17) is 0 Å². The van der Waals surface area contributed by atoms with Crippen LogP contribution in [0.1, 0.15) is 5.56 Å². The third kappa shape index (κ3) is 2.64. The van der Waals surface area contributed by atoms with Gasteiger partial charge in [-0.2, -0.15) is 0 Å². The molecule has 0 spiro atoms. The fourth-order valence-corrected chi connectivity index (χ4v) is 3.71. The van der Waals surface area contributed by atoms with Crippen molar-refractivity contribution >= 4 is 20.7 Å². The van der Waals surface area contributed by atoms with Gasteiger partial charge in [0.1, 0.15) is 10.7 Å². The van der Waals surface area contributed by atoms with Gasteiger partial charge in [0, 0.05) is 11.6 Å². The molecule has 0 N–H and O–H groups in total. The summed E-state index contributed by atoms with van der Waals surface area (Å²) in [7, 11) is -3.75. The summed E-state index contributed by atoms with van der Waals surface area (Å²) in [5, 5.41) is 0.860. The minimum absolute atomic E-state index is 0.276. The first-order chi connectivity index (χ1) is 10.1. The molecule has 21 heavy (non-hydrogen) atoms. The topological polar surface area (TPSA) is 47.0 Å². The molecule has 0 amide bonds. The fraction of sp³-hybridized carbons (Fsp3) is 0.0625. The Kier molecular flexibility index (Phi) is 3.43. The van der Waals surface area contributed by atoms with Crippen LogP contribution in [0.3, 0.4) is 0 Å². The maximum Gasteiger partial charge on any atom is 0.185 e. The Hall–Kier alpha value is -2.27. The van der Waals surface area contributed by atoms with Gasteiger partial charge in [0.25, 0.3) is 0 Å². The van der Waals surface area contributed by atoms with E-state index in [2.05, 4.69) is 4.98 Å². The molecule has 0 atom stereocenters. The summed E-state index contributed by atoms with van der Waals surface area (Å²) >= 11 is 0. The SMILES string of the molecule is O=S(=O)(Cc1cccc2cccnc12)c1ccccc1F. The summed E-state index contributed by atoms with van der Waals surface area (Å²) in [6.07, 6.45) is 1.61. The minimum Gasteiger partial charge on any atom is -0.256 e. The number of benzene rings is 2. The van der Waals surface area contributed by atoms with Crippen LogP contribution in [0.25, 0.3) is 10.9 Å². The molecule has 0 fully saturated rings. The van der Waals surface area contributed by atoms with Crippen LogP contribution in [0.5, 0.6) is 0 Å². The number of hydrogen-bond acceptors (Lipinski definition) is 3. The Morgan fingerprint density at radius 1 is 0.952 bits per heavy atom. The van der Waals surface area contributed by atoms with Crippen LogP contribution in [-0.4, -0.2) is 13.4 Å². The zero-order valence-corrected chi connectivity index (χ0v) is 11.8. The highest BCUT2D eigenvalue weighted by molar-refractivity contribution is 7.90. The number of fused-ring (bicyclic) bond motifs is 1. The summed E-state index contributed by atoms with van der Waals surface area (Å²) in [6, 6.07) is 14.4. The van der Waals surface area contributed by atoms with E-state index in [9.17, 15) is 12.8 Å². The highest BCUT2D eigenvalue weighted by atomic mass is 32.2. The number of sulfone groups is 1. The second-order valence-electron chi connectivity index (χ2n) is 4.68. The number of pyridine rings is 1. The first-order valence-corrected chi connectivity index (χ1v) is 8.03. The highest BCUT2D eigenvalue weighted by Gasteiger charge is 2.20. The fourth-order valence-electron chi connectivity index (χ4n) is 2.26. The molecule has 0 aliphatic rings. The number of aromatic nitrogens is 1. The molecule has 1 heterocycles. The van der Waals surface area contributed by atoms with Gasteiger partial charge in [-0.05, 0) is 23.8 Å². The molecule has 3 rings (SSSR count). The highest BCUT2D eigenvalue weighted by Crippen LogP contribution is 2.23. The van der Waals surface area contributed by atoms with Crippen LogP contribution < -0.4 is 0 Å². The lowest BCUT2D eigenvalue weighted by molar-refractivity contribution is 0.566. The monoisotopic (exact) mass is 301 g/mol. The van der Waals surface area contributed by atoms with Crippen LogP contribution in [0.4, 0.5) is 4.39 Å². The lowest BCUT2D eigenvalue weighted by atomic mass is 10.1. The van der Waals surface area contributed by atoms with Crippen molar-refractivity contribution in [3.63, 3.8) is 0 Å². The molecule has 3 aromatic rings. The van der Waals surface area contributed by atoms with Crippen molar-refractivity contribution in [3.05, 3.63) is 72.2 Å². The van der Waals surface area contributed by atoms with E-state index in [0.29, 0.717) is 11.1 Å². The van der Waals surface area contributed by atoms with Gasteiger partial charge >= 0.3 is 0 Å². The quantitative estimate of drug-likeness (QED) is 0.745. The summed E-state index contributed by atoms with van der Waals surface area (Å²) in [5.41, 5.74) is 1.19. The van der Waals surface area contributed by atoms with Crippen molar-refractivity contribution in [3.8, 4) is 0 Å². The van der Waals surface area contributed by atoms with E-state index >= 15 is 0 Å². The summed E-state index contributed by atoms with van der Waals surface area (Å²) < 4.78 is 38.5. The van der Waals surface area contributed by atoms with Gasteiger partial charge in [-0.15, -0.1) is 0 Å². The summed E-state index contributed by atoms with van der Waals surface area (Å²) in [5.74, 6) is -1.01. The first kappa shape index (κ1) is 13.7. The van der Waals surface area contributed by atoms with Gasteiger partial charge in [-0.25, -0.2) is 12.8 Å². The van der Waals surface area contributed by atoms with E-state index in [-0.39, 0.29) is 10.6 Å². The molecule has 0 saturated carbocycles. The Balaban J connectivity index is 2.08. The van der Waals surface area contributed by atoms with Crippen LogP contribution in [-0.2, 0) is 15.6 Å². The Morgan fingerprint density at radius 2 is 1.71 bits per heavy atom. The number of hydrogen-bond donors (Lipinski definition) is 0. The zero-order valence-electron chi connectivity index (χ0n) is 11.0. The minimum atomic E-state index is -3.75. The first-order valence-electron chi connectivity index (χ1n) is 6.38. The van der Waals surface area contributed by atoms with Crippen molar-refractivity contribution in [2.75, 3.05) is 0 Å². The predicted molar refractivity (Wildman–Crippen MR) is 79.0 cm³/mol. The lowest BCUT2D eigenvalue weighted by Gasteiger charge is -2.08. The van der Waals surface area contributed by atoms with Crippen molar-refractivity contribution in [2.45, 2.75) is 10.6 Å². The van der Waals surface area contributed by atoms with Crippen LogP contribution >= 0.6 is 0 Å². The molecule has 0 saturated heterocycles. The predicted octanol–water partition coefficient (Wildman–Crippen LogP) is 3.35. The van der Waals surface area contributed by atoms with E-state index < -0.39 is 15.7 Å². The Bertz CT molecular complexity index is 902. The van der Waals surface area contributed by atoms with Crippen molar-refractivity contribution in [1.29, 1.82) is 0 Å². The van der Waals surface area contributed by atoms with Crippen LogP contribution in [0, 0.1) is 5.82 Å². The van der Waals surface area contributed by atoms with E-state index in [0.717, 1.165) is 11.5 Å². The van der Waals surface area contributed by atoms with Crippen molar-refractivity contribution < 1.29 is 12.8 Å². The van der Waals surface area contributed by atoms with E-state index in [1.54, 1.807) is 24.4 Å². The molecule has 0 radical (unpaired) electrons. The van der Waals surface area contributed by atoms with Crippen LogP contribution in [0.15, 0.2) is 65.7 Å². The third-order valence-electron chi connectivity index (χ3n) is 3.23. The van der Waals surface area contributed by atoms with Crippen molar-refractivity contribution in [2.24, 2.45) is 0 Å². The Morgan fingerprint density at radius 3 is 2.52 bits per heavy atom. The summed E-state index contributed by atoms with van der Waals surface area (Å²) in [4.78, 5) is 3.94. The maximum atomic E-state index is 13.7. The molecule has 106 valence electrons. The van der Waals surface area contributed by atoms with Gasteiger partial charge in [0.05, 0.1) is 11.3 Å². The van der Waals surface area contributed by atoms with Gasteiger partial charge in [0.2, 0.25) is 0 Å². The van der Waals surface area contributed by atoms with Gasteiger partial charge in [-0.1, -0.05) is 36.4 Å². The van der Waals surface area contributed by atoms with Gasteiger partial charge < -0.3 is 0 Å². The maximum absolute atomic E-state index is 13.7. The lowest BCUT2D eigenvalue weighted by Crippen LogP contribution is -2.07. The average molecular weight is 301 g/mol. The standard InChI is InChI=1S/C16H12FNO2S/c17-14-8-1-2-9-15(14)21(19,20)11-13-6-3-5-12-7-4-10-18-16(12)13/h1-10H,11H2. The van der Waals surface area contributed by atoms with Gasteiger partial charge in [-0.3, -0.25) is 4.98 Å². The Labute approximate surface area is 122 Å². The molecule has 2 aromatic carbocycles. The smallest absolute Gasteiger partial charge is 0.185 e. The zero-order chi connectivity index (χ0) is 14.9. The second-order valence-corrected chi connectivity index (χ2v) is 6.64. The second kappa shape index (κ2) is 5.26. The molecule has 0 unspecified atom stereocenters. The number of nitrogens with zero attached hydrogens (tertiary/aromatic N) is 1. The number of halogens is 1. The van der Waals surface area contributed by atoms with Crippen molar-refractivity contribution in [1.82, 2.24) is 4.98 Å². The number of rotatable bonds is 3. The molecule has 3 nitrogen and oxygen atoms in total. The van der Waals surface area contributed by atoms with E-state index in [1.165, 1.54) is 18.2 Å². The van der Waals surface area contributed by atoms with E-state index in [1.807, 2.05) is 12.1 Å². The molecular formula is C16H12FNO2S. The number of para-hydroxylation sites is 1. The normalized spacial score (nSPS) is 11.7. The molecule has 0 aliphatic carbocycles. The van der Waals surface area contributed by atoms with Gasteiger partial charge in [0.15, 0.2) is 9.84 Å². The molecular weight excluding hydrogens is 289 g/mol. The molecule has 0 bridgehead atoms.